The van der Waals surface area contributed by atoms with Crippen LogP contribution in [0.2, 0.25) is 5.02 Å². The van der Waals surface area contributed by atoms with Crippen LogP contribution >= 0.6 is 23.8 Å². The van der Waals surface area contributed by atoms with Crippen molar-refractivity contribution in [2.75, 3.05) is 17.3 Å². The molecule has 35 heavy (non-hydrogen) atoms. The number of halogens is 1. The molecule has 3 aromatic rings. The van der Waals surface area contributed by atoms with Gasteiger partial charge in [0.05, 0.1) is 13.2 Å². The minimum atomic E-state index is -1.11. The van der Waals surface area contributed by atoms with Gasteiger partial charge in [0.25, 0.3) is 0 Å². The maximum atomic E-state index is 13.9. The number of nitrogens with one attached hydrogen (secondary N) is 2. The summed E-state index contributed by atoms with van der Waals surface area (Å²) in [5.41, 5.74) is 3.36. The quantitative estimate of drug-likeness (QED) is 0.437. The second-order valence-electron chi connectivity index (χ2n) is 9.08. The summed E-state index contributed by atoms with van der Waals surface area (Å²) in [6.07, 6.45) is 0. The molecule has 6 nitrogen and oxygen atoms in total. The van der Waals surface area contributed by atoms with E-state index in [1.807, 2.05) is 80.3 Å². The Morgan fingerprint density at radius 3 is 2.57 bits per heavy atom. The van der Waals surface area contributed by atoms with E-state index in [2.05, 4.69) is 10.6 Å². The molecule has 0 aliphatic carbocycles. The zero-order valence-corrected chi connectivity index (χ0v) is 21.5. The summed E-state index contributed by atoms with van der Waals surface area (Å²) in [5.74, 6) is 0.555. The van der Waals surface area contributed by atoms with Crippen LogP contribution in [-0.4, -0.2) is 23.9 Å². The Labute approximate surface area is 215 Å². The largest absolute Gasteiger partial charge is 0.497 e. The van der Waals surface area contributed by atoms with Crippen molar-refractivity contribution in [3.05, 3.63) is 82.4 Å². The number of amides is 1. The molecule has 5 rings (SSSR count). The highest BCUT2D eigenvalue weighted by Crippen LogP contribution is 2.50. The van der Waals surface area contributed by atoms with Crippen LogP contribution in [0.3, 0.4) is 0 Å². The maximum Gasteiger partial charge on any atom is 0.236 e. The monoisotopic (exact) mass is 507 g/mol. The van der Waals surface area contributed by atoms with Gasteiger partial charge < -0.3 is 20.1 Å². The van der Waals surface area contributed by atoms with E-state index in [1.165, 1.54) is 0 Å². The Bertz CT molecular complexity index is 1330. The van der Waals surface area contributed by atoms with E-state index in [0.717, 1.165) is 33.8 Å². The van der Waals surface area contributed by atoms with Crippen LogP contribution in [0.5, 0.6) is 11.5 Å². The predicted molar refractivity (Wildman–Crippen MR) is 142 cm³/mol. The molecule has 3 aromatic carbocycles. The molecule has 2 aliphatic heterocycles. The van der Waals surface area contributed by atoms with Crippen LogP contribution in [0.15, 0.2) is 60.7 Å². The van der Waals surface area contributed by atoms with Gasteiger partial charge in [0.2, 0.25) is 5.91 Å². The molecule has 2 bridgehead atoms. The number of carbonyl (C=O) groups is 1. The average molecular weight is 508 g/mol. The van der Waals surface area contributed by atoms with Crippen LogP contribution in [-0.2, 0) is 4.79 Å². The second kappa shape index (κ2) is 8.73. The fourth-order valence-electron chi connectivity index (χ4n) is 5.04. The van der Waals surface area contributed by atoms with Gasteiger partial charge in [-0.05, 0) is 87.1 Å². The Balaban J connectivity index is 1.61. The van der Waals surface area contributed by atoms with Crippen molar-refractivity contribution < 1.29 is 14.3 Å². The molecule has 0 aromatic heterocycles. The third-order valence-corrected chi connectivity index (χ3v) is 7.25. The molecule has 1 fully saturated rings. The summed E-state index contributed by atoms with van der Waals surface area (Å²) < 4.78 is 11.9. The average Bonchev–Trinajstić information content (AvgIpc) is 2.81. The van der Waals surface area contributed by atoms with Crippen LogP contribution in [0.25, 0.3) is 0 Å². The highest BCUT2D eigenvalue weighted by Gasteiger charge is 2.59. The number of hydrogen-bond acceptors (Lipinski definition) is 4. The topological polar surface area (TPSA) is 62.8 Å². The number of carbonyl (C=O) groups excluding carboxylic acids is 1. The number of benzene rings is 3. The number of fused-ring (bicyclic) bond motifs is 4. The van der Waals surface area contributed by atoms with Crippen LogP contribution < -0.4 is 25.0 Å². The third kappa shape index (κ3) is 3.98. The number of rotatable bonds is 4. The molecule has 0 saturated carbocycles. The number of nitrogens with zero attached hydrogens (tertiary/aromatic N) is 1. The third-order valence-electron chi connectivity index (χ3n) is 6.71. The fraction of sp³-hybridized carbons (Fsp3) is 0.259. The predicted octanol–water partition coefficient (Wildman–Crippen LogP) is 5.76. The minimum Gasteiger partial charge on any atom is -0.497 e. The van der Waals surface area contributed by atoms with Crippen molar-refractivity contribution in [2.24, 2.45) is 5.92 Å². The summed E-state index contributed by atoms with van der Waals surface area (Å²) >= 11 is 12.1. The highest BCUT2D eigenvalue weighted by molar-refractivity contribution is 7.80. The van der Waals surface area contributed by atoms with Crippen LogP contribution in [0.4, 0.5) is 11.4 Å². The zero-order valence-electron chi connectivity index (χ0n) is 19.9. The van der Waals surface area contributed by atoms with Gasteiger partial charge in [-0.25, -0.2) is 0 Å². The first-order chi connectivity index (χ1) is 16.7. The van der Waals surface area contributed by atoms with Gasteiger partial charge in [-0.15, -0.1) is 0 Å². The van der Waals surface area contributed by atoms with E-state index in [-0.39, 0.29) is 5.91 Å². The van der Waals surface area contributed by atoms with Gasteiger partial charge in [0, 0.05) is 22.0 Å². The van der Waals surface area contributed by atoms with E-state index < -0.39 is 17.7 Å². The molecular weight excluding hydrogens is 482 g/mol. The smallest absolute Gasteiger partial charge is 0.236 e. The van der Waals surface area contributed by atoms with Gasteiger partial charge >= 0.3 is 0 Å². The van der Waals surface area contributed by atoms with E-state index in [4.69, 9.17) is 33.3 Å². The van der Waals surface area contributed by atoms with E-state index >= 15 is 0 Å². The Hall–Kier alpha value is -3.29. The molecule has 1 saturated heterocycles. The number of hydrogen-bond donors (Lipinski definition) is 2. The molecule has 8 heteroatoms. The van der Waals surface area contributed by atoms with E-state index in [0.29, 0.717) is 15.9 Å². The maximum absolute atomic E-state index is 13.9. The summed E-state index contributed by atoms with van der Waals surface area (Å²) in [6.45, 7) is 5.91. The van der Waals surface area contributed by atoms with Gasteiger partial charge in [-0.3, -0.25) is 9.69 Å². The normalized spacial score (nSPS) is 22.5. The van der Waals surface area contributed by atoms with Crippen molar-refractivity contribution in [1.82, 2.24) is 5.32 Å². The summed E-state index contributed by atoms with van der Waals surface area (Å²) in [4.78, 5) is 15.8. The SMILES string of the molecule is COc1ccc(N2C(=S)N[C@H]3c4cc(Cl)ccc4O[C@@]2(C)[C@@H]3C(=O)Nc2ccc(C)cc2C)cc1. The van der Waals surface area contributed by atoms with Gasteiger partial charge in [-0.2, -0.15) is 0 Å². The summed E-state index contributed by atoms with van der Waals surface area (Å²) in [7, 11) is 1.62. The second-order valence-corrected chi connectivity index (χ2v) is 9.91. The number of aryl methyl sites for hydroxylation is 2. The molecular formula is C27H26ClN3O3S. The highest BCUT2D eigenvalue weighted by atomic mass is 35.5. The minimum absolute atomic E-state index is 0.177. The molecule has 2 aliphatic rings. The Kier molecular flexibility index (Phi) is 5.85. The number of methoxy groups -OCH3 is 1. The lowest BCUT2D eigenvalue weighted by Gasteiger charge is -2.56. The van der Waals surface area contributed by atoms with Crippen molar-refractivity contribution in [1.29, 1.82) is 0 Å². The Morgan fingerprint density at radius 2 is 1.89 bits per heavy atom. The van der Waals surface area contributed by atoms with Gasteiger partial charge in [-0.1, -0.05) is 29.3 Å². The molecule has 3 atom stereocenters. The number of anilines is 2. The molecule has 1 amide bonds. The molecule has 2 heterocycles. The Morgan fingerprint density at radius 1 is 1.14 bits per heavy atom. The van der Waals surface area contributed by atoms with E-state index in [9.17, 15) is 4.79 Å². The molecule has 0 unspecified atom stereocenters. The van der Waals surface area contributed by atoms with Crippen molar-refractivity contribution in [2.45, 2.75) is 32.5 Å². The lowest BCUT2D eigenvalue weighted by molar-refractivity contribution is -0.130. The van der Waals surface area contributed by atoms with Crippen molar-refractivity contribution in [3.63, 3.8) is 0 Å². The molecule has 0 radical (unpaired) electrons. The summed E-state index contributed by atoms with van der Waals surface area (Å²) in [5, 5.41) is 7.56. The van der Waals surface area contributed by atoms with Gasteiger partial charge in [0.15, 0.2) is 10.8 Å². The van der Waals surface area contributed by atoms with Crippen LogP contribution in [0.1, 0.15) is 29.7 Å². The lowest BCUT2D eigenvalue weighted by Crippen LogP contribution is -2.72. The first-order valence-corrected chi connectivity index (χ1v) is 12.1. The standard InChI is InChI=1S/C27H26ClN3O3S/c1-15-5-11-21(16(2)13-15)29-25(32)23-24-20-14-17(28)6-12-22(20)34-27(23,3)31(26(35)30-24)18-7-9-19(33-4)10-8-18/h5-14,23-24H,1-4H3,(H,29,32)(H,30,35)/t23-,24-,27-/m0/s1. The van der Waals surface area contributed by atoms with Gasteiger partial charge in [0.1, 0.15) is 17.4 Å². The first-order valence-electron chi connectivity index (χ1n) is 11.3. The van der Waals surface area contributed by atoms with Crippen molar-refractivity contribution in [3.8, 4) is 11.5 Å². The fourth-order valence-corrected chi connectivity index (χ4v) is 5.63. The zero-order chi connectivity index (χ0) is 24.9. The summed E-state index contributed by atoms with van der Waals surface area (Å²) in [6, 6.07) is 18.5. The van der Waals surface area contributed by atoms with Crippen molar-refractivity contribution >= 4 is 46.2 Å². The lowest BCUT2D eigenvalue weighted by atomic mass is 9.78. The van der Waals surface area contributed by atoms with E-state index in [1.54, 1.807) is 13.2 Å². The first kappa shape index (κ1) is 23.5. The molecule has 0 spiro atoms. The molecule has 2 N–H and O–H groups in total. The molecule has 180 valence electrons. The van der Waals surface area contributed by atoms with Crippen LogP contribution in [0, 0.1) is 19.8 Å². The number of thiocarbonyl (C=S) groups is 1. The number of ether oxygens (including phenoxy) is 2.